The van der Waals surface area contributed by atoms with Crippen LogP contribution in [0, 0.1) is 5.92 Å². The molecule has 0 spiro atoms. The number of carboxylic acids is 1. The van der Waals surface area contributed by atoms with Crippen LogP contribution in [0.25, 0.3) is 0 Å². The number of carboxylic acid groups (broad SMARTS) is 1. The maximum absolute atomic E-state index is 13.3. The largest absolute Gasteiger partial charge is 0.481 e. The van der Waals surface area contributed by atoms with E-state index in [-0.39, 0.29) is 18.7 Å². The molecule has 0 saturated carbocycles. The Hall–Kier alpha value is -2.25. The highest BCUT2D eigenvalue weighted by Crippen LogP contribution is 2.41. The zero-order valence-electron chi connectivity index (χ0n) is 14.1. The van der Waals surface area contributed by atoms with Crippen LogP contribution in [0.1, 0.15) is 37.8 Å². The lowest BCUT2D eigenvalue weighted by Crippen LogP contribution is -2.35. The Balaban J connectivity index is 2.34. The number of aliphatic carboxylic acids is 1. The Morgan fingerprint density at radius 2 is 1.76 bits per heavy atom. The van der Waals surface area contributed by atoms with Gasteiger partial charge in [0.1, 0.15) is 5.60 Å². The summed E-state index contributed by atoms with van der Waals surface area (Å²) in [5, 5.41) is 9.41. The Morgan fingerprint density at radius 1 is 1.16 bits per heavy atom. The predicted octanol–water partition coefficient (Wildman–Crippen LogP) is 3.74. The fraction of sp³-hybridized carbons (Fsp3) is 0.529. The fourth-order valence-corrected chi connectivity index (χ4v) is 2.92. The van der Waals surface area contributed by atoms with Gasteiger partial charge in [-0.25, -0.2) is 4.79 Å². The Kier molecular flexibility index (Phi) is 5.02. The molecule has 0 aliphatic carbocycles. The highest BCUT2D eigenvalue weighted by molar-refractivity contribution is 5.76. The highest BCUT2D eigenvalue weighted by atomic mass is 19.4. The second-order valence-electron chi connectivity index (χ2n) is 7.02. The van der Waals surface area contributed by atoms with Gasteiger partial charge in [-0.3, -0.25) is 4.79 Å². The molecule has 1 N–H and O–H groups in total. The van der Waals surface area contributed by atoms with Crippen LogP contribution in [-0.2, 0) is 15.7 Å². The monoisotopic (exact) mass is 359 g/mol. The van der Waals surface area contributed by atoms with Gasteiger partial charge in [0, 0.05) is 19.0 Å². The number of amides is 1. The maximum Gasteiger partial charge on any atom is 0.416 e. The molecule has 1 amide bonds. The first-order valence-electron chi connectivity index (χ1n) is 7.77. The summed E-state index contributed by atoms with van der Waals surface area (Å²) in [6.07, 6.45) is -5.33. The standard InChI is InChI=1S/C17H20F3NO4/c1-16(2,3)25-15(24)21-8-11(12(9-21)14(22)23)10-6-4-5-7-13(10)17(18,19)20/h4-7,11-12H,8-9H2,1-3H3,(H,22,23)/t11?,12-/m0/s1. The first-order valence-corrected chi connectivity index (χ1v) is 7.77. The summed E-state index contributed by atoms with van der Waals surface area (Å²) in [5.41, 5.74) is -1.77. The Labute approximate surface area is 143 Å². The van der Waals surface area contributed by atoms with E-state index in [4.69, 9.17) is 4.74 Å². The van der Waals surface area contributed by atoms with Crippen molar-refractivity contribution in [2.75, 3.05) is 13.1 Å². The average Bonchev–Trinajstić information content (AvgIpc) is 2.90. The first-order chi connectivity index (χ1) is 11.4. The van der Waals surface area contributed by atoms with E-state index in [1.54, 1.807) is 20.8 Å². The van der Waals surface area contributed by atoms with Crippen molar-refractivity contribution in [1.82, 2.24) is 4.90 Å². The second kappa shape index (κ2) is 6.57. The minimum absolute atomic E-state index is 0.117. The molecule has 2 atom stereocenters. The fourth-order valence-electron chi connectivity index (χ4n) is 2.92. The predicted molar refractivity (Wildman–Crippen MR) is 83.1 cm³/mol. The number of alkyl halides is 3. The van der Waals surface area contributed by atoms with Gasteiger partial charge in [0.2, 0.25) is 0 Å². The third-order valence-electron chi connectivity index (χ3n) is 3.95. The van der Waals surface area contributed by atoms with Crippen molar-refractivity contribution in [2.24, 2.45) is 5.92 Å². The summed E-state index contributed by atoms with van der Waals surface area (Å²) in [4.78, 5) is 24.9. The van der Waals surface area contributed by atoms with Gasteiger partial charge in [-0.15, -0.1) is 0 Å². The van der Waals surface area contributed by atoms with E-state index < -0.39 is 41.2 Å². The molecule has 1 unspecified atom stereocenters. The molecule has 1 aliphatic heterocycles. The second-order valence-corrected chi connectivity index (χ2v) is 7.02. The summed E-state index contributed by atoms with van der Waals surface area (Å²) in [5.74, 6) is -3.33. The van der Waals surface area contributed by atoms with E-state index in [9.17, 15) is 27.9 Å². The van der Waals surface area contributed by atoms with Crippen LogP contribution in [0.5, 0.6) is 0 Å². The smallest absolute Gasteiger partial charge is 0.416 e. The van der Waals surface area contributed by atoms with Crippen molar-refractivity contribution in [3.63, 3.8) is 0 Å². The van der Waals surface area contributed by atoms with Crippen LogP contribution < -0.4 is 0 Å². The van der Waals surface area contributed by atoms with Crippen molar-refractivity contribution >= 4 is 12.1 Å². The summed E-state index contributed by atoms with van der Waals surface area (Å²) < 4.78 is 45.0. The van der Waals surface area contributed by atoms with Crippen LogP contribution in [0.15, 0.2) is 24.3 Å². The molecule has 1 saturated heterocycles. The lowest BCUT2D eigenvalue weighted by molar-refractivity contribution is -0.143. The lowest BCUT2D eigenvalue weighted by atomic mass is 9.86. The van der Waals surface area contributed by atoms with Gasteiger partial charge in [0.15, 0.2) is 0 Å². The van der Waals surface area contributed by atoms with E-state index in [2.05, 4.69) is 0 Å². The summed E-state index contributed by atoms with van der Waals surface area (Å²) in [6, 6.07) is 4.87. The van der Waals surface area contributed by atoms with Crippen LogP contribution in [0.2, 0.25) is 0 Å². The number of nitrogens with zero attached hydrogens (tertiary/aromatic N) is 1. The molecule has 1 aromatic rings. The molecule has 25 heavy (non-hydrogen) atoms. The van der Waals surface area contributed by atoms with Crippen LogP contribution in [0.3, 0.4) is 0 Å². The molecule has 8 heteroatoms. The van der Waals surface area contributed by atoms with Crippen molar-refractivity contribution in [3.05, 3.63) is 35.4 Å². The molecule has 1 aromatic carbocycles. The number of benzene rings is 1. The highest BCUT2D eigenvalue weighted by Gasteiger charge is 2.45. The van der Waals surface area contributed by atoms with Gasteiger partial charge < -0.3 is 14.7 Å². The summed E-state index contributed by atoms with van der Waals surface area (Å²) in [6.45, 7) is 4.64. The molecule has 1 fully saturated rings. The average molecular weight is 359 g/mol. The molecule has 5 nitrogen and oxygen atoms in total. The van der Waals surface area contributed by atoms with Gasteiger partial charge in [-0.2, -0.15) is 13.2 Å². The van der Waals surface area contributed by atoms with E-state index in [0.29, 0.717) is 0 Å². The van der Waals surface area contributed by atoms with E-state index in [0.717, 1.165) is 11.0 Å². The number of hydrogen-bond donors (Lipinski definition) is 1. The molecular weight excluding hydrogens is 339 g/mol. The molecule has 2 rings (SSSR count). The number of carbonyl (C=O) groups excluding carboxylic acids is 1. The van der Waals surface area contributed by atoms with Gasteiger partial charge in [-0.1, -0.05) is 18.2 Å². The Morgan fingerprint density at radius 3 is 2.28 bits per heavy atom. The quantitative estimate of drug-likeness (QED) is 0.874. The molecule has 138 valence electrons. The molecule has 1 aliphatic rings. The van der Waals surface area contributed by atoms with Gasteiger partial charge in [0.25, 0.3) is 0 Å². The van der Waals surface area contributed by atoms with E-state index in [1.165, 1.54) is 18.2 Å². The number of ether oxygens (including phenoxy) is 1. The molecular formula is C17H20F3NO4. The molecule has 0 radical (unpaired) electrons. The number of halogens is 3. The van der Waals surface area contributed by atoms with Crippen LogP contribution >= 0.6 is 0 Å². The molecule has 1 heterocycles. The van der Waals surface area contributed by atoms with Gasteiger partial charge in [-0.05, 0) is 32.4 Å². The number of carbonyl (C=O) groups is 2. The zero-order valence-corrected chi connectivity index (χ0v) is 14.1. The topological polar surface area (TPSA) is 66.8 Å². The van der Waals surface area contributed by atoms with E-state index in [1.807, 2.05) is 0 Å². The van der Waals surface area contributed by atoms with Gasteiger partial charge in [0.05, 0.1) is 11.5 Å². The minimum Gasteiger partial charge on any atom is -0.481 e. The van der Waals surface area contributed by atoms with Crippen molar-refractivity contribution < 1.29 is 32.6 Å². The van der Waals surface area contributed by atoms with E-state index >= 15 is 0 Å². The van der Waals surface area contributed by atoms with Crippen molar-refractivity contribution in [1.29, 1.82) is 0 Å². The summed E-state index contributed by atoms with van der Waals surface area (Å²) >= 11 is 0. The number of hydrogen-bond acceptors (Lipinski definition) is 3. The SMILES string of the molecule is CC(C)(C)OC(=O)N1CC(c2ccccc2C(F)(F)F)[C@@H](C(=O)O)C1. The third kappa shape index (κ3) is 4.43. The Bertz CT molecular complexity index is 667. The maximum atomic E-state index is 13.3. The van der Waals surface area contributed by atoms with Gasteiger partial charge >= 0.3 is 18.2 Å². The summed E-state index contributed by atoms with van der Waals surface area (Å²) in [7, 11) is 0. The first kappa shape index (κ1) is 19.1. The minimum atomic E-state index is -4.60. The molecule has 0 aromatic heterocycles. The van der Waals surface area contributed by atoms with Crippen molar-refractivity contribution in [3.8, 4) is 0 Å². The third-order valence-corrected chi connectivity index (χ3v) is 3.95. The normalized spacial score (nSPS) is 21.3. The van der Waals surface area contributed by atoms with Crippen molar-refractivity contribution in [2.45, 2.75) is 38.5 Å². The zero-order chi connectivity index (χ0) is 19.0. The number of rotatable bonds is 2. The lowest BCUT2D eigenvalue weighted by Gasteiger charge is -2.24. The van der Waals surface area contributed by atoms with Crippen LogP contribution in [0.4, 0.5) is 18.0 Å². The van der Waals surface area contributed by atoms with Crippen LogP contribution in [-0.4, -0.2) is 40.8 Å². The molecule has 0 bridgehead atoms. The number of likely N-dealkylation sites (tertiary alicyclic amines) is 1.